The zero-order valence-electron chi connectivity index (χ0n) is 10.1. The average molecular weight is 270 g/mol. The number of carbonyl (C=O) groups excluding carboxylic acids is 2. The van der Waals surface area contributed by atoms with Crippen LogP contribution in [0.3, 0.4) is 0 Å². The highest BCUT2D eigenvalue weighted by Crippen LogP contribution is 2.18. The summed E-state index contributed by atoms with van der Waals surface area (Å²) >= 11 is 0.926. The highest BCUT2D eigenvalue weighted by molar-refractivity contribution is 7.15. The number of thiophene rings is 1. The Balaban J connectivity index is 2.62. The number of aromatic carboxylic acids is 1. The number of carboxylic acid groups (broad SMARTS) is 1. The lowest BCUT2D eigenvalue weighted by atomic mass is 10.3. The van der Waals surface area contributed by atoms with E-state index in [0.29, 0.717) is 11.4 Å². The number of amides is 2. The van der Waals surface area contributed by atoms with E-state index in [2.05, 4.69) is 5.32 Å². The zero-order valence-corrected chi connectivity index (χ0v) is 10.9. The van der Waals surface area contributed by atoms with E-state index in [1.165, 1.54) is 24.1 Å². The van der Waals surface area contributed by atoms with E-state index in [9.17, 15) is 14.4 Å². The first-order valence-electron chi connectivity index (χ1n) is 5.25. The third kappa shape index (κ3) is 3.56. The Morgan fingerprint density at radius 3 is 2.44 bits per heavy atom. The Labute approximate surface area is 108 Å². The molecule has 18 heavy (non-hydrogen) atoms. The molecule has 1 rings (SSSR count). The Bertz CT molecular complexity index is 469. The van der Waals surface area contributed by atoms with Crippen molar-refractivity contribution < 1.29 is 19.5 Å². The standard InChI is InChI=1S/C11H14N2O4S/c1-12-9(14)5-6-13(2)10(15)7-3-4-8(18-7)11(16)17/h3-4H,5-6H2,1-2H3,(H,12,14)(H,16,17). The second-order valence-corrected chi connectivity index (χ2v) is 4.70. The van der Waals surface area contributed by atoms with Gasteiger partial charge in [-0.25, -0.2) is 4.79 Å². The van der Waals surface area contributed by atoms with E-state index in [4.69, 9.17) is 5.11 Å². The molecule has 0 aliphatic carbocycles. The van der Waals surface area contributed by atoms with Gasteiger partial charge in [0.15, 0.2) is 0 Å². The van der Waals surface area contributed by atoms with Crippen molar-refractivity contribution in [3.8, 4) is 0 Å². The maximum atomic E-state index is 11.9. The Kier molecular flexibility index (Phi) is 4.85. The topological polar surface area (TPSA) is 86.7 Å². The van der Waals surface area contributed by atoms with Crippen LogP contribution in [0, 0.1) is 0 Å². The largest absolute Gasteiger partial charge is 0.477 e. The minimum Gasteiger partial charge on any atom is -0.477 e. The zero-order chi connectivity index (χ0) is 13.7. The molecular weight excluding hydrogens is 256 g/mol. The van der Waals surface area contributed by atoms with Gasteiger partial charge < -0.3 is 15.3 Å². The fourth-order valence-electron chi connectivity index (χ4n) is 1.25. The molecule has 0 radical (unpaired) electrons. The molecule has 0 fully saturated rings. The number of hydrogen-bond donors (Lipinski definition) is 2. The molecule has 98 valence electrons. The normalized spacial score (nSPS) is 9.89. The maximum Gasteiger partial charge on any atom is 0.345 e. The van der Waals surface area contributed by atoms with Crippen LogP contribution in [0.25, 0.3) is 0 Å². The summed E-state index contributed by atoms with van der Waals surface area (Å²) in [5, 5.41) is 11.2. The van der Waals surface area contributed by atoms with Gasteiger partial charge >= 0.3 is 5.97 Å². The van der Waals surface area contributed by atoms with Gasteiger partial charge in [-0.15, -0.1) is 11.3 Å². The summed E-state index contributed by atoms with van der Waals surface area (Å²) in [4.78, 5) is 35.5. The molecule has 2 amide bonds. The van der Waals surface area contributed by atoms with Gasteiger partial charge in [0.1, 0.15) is 4.88 Å². The summed E-state index contributed by atoms with van der Waals surface area (Å²) in [7, 11) is 3.11. The first-order chi connectivity index (χ1) is 8.45. The number of hydrogen-bond acceptors (Lipinski definition) is 4. The molecule has 0 aliphatic rings. The maximum absolute atomic E-state index is 11.9. The Hall–Kier alpha value is -1.89. The molecule has 0 unspecified atom stereocenters. The molecule has 0 saturated carbocycles. The van der Waals surface area contributed by atoms with Crippen molar-refractivity contribution in [2.45, 2.75) is 6.42 Å². The molecule has 2 N–H and O–H groups in total. The van der Waals surface area contributed by atoms with Crippen LogP contribution in [0.15, 0.2) is 12.1 Å². The quantitative estimate of drug-likeness (QED) is 0.822. The summed E-state index contributed by atoms with van der Waals surface area (Å²) in [6, 6.07) is 2.87. The summed E-state index contributed by atoms with van der Waals surface area (Å²) in [6.45, 7) is 0.290. The van der Waals surface area contributed by atoms with Gasteiger partial charge in [0, 0.05) is 27.1 Å². The highest BCUT2D eigenvalue weighted by atomic mass is 32.1. The molecule has 0 spiro atoms. The van der Waals surface area contributed by atoms with Crippen LogP contribution in [0.2, 0.25) is 0 Å². The van der Waals surface area contributed by atoms with Gasteiger partial charge in [-0.2, -0.15) is 0 Å². The van der Waals surface area contributed by atoms with Gasteiger partial charge in [0.05, 0.1) is 4.88 Å². The molecule has 1 aromatic heterocycles. The van der Waals surface area contributed by atoms with E-state index in [-0.39, 0.29) is 23.1 Å². The summed E-state index contributed by atoms with van der Waals surface area (Å²) in [5.41, 5.74) is 0. The molecule has 0 atom stereocenters. The van der Waals surface area contributed by atoms with Gasteiger partial charge in [0.25, 0.3) is 5.91 Å². The van der Waals surface area contributed by atoms with Crippen molar-refractivity contribution in [2.24, 2.45) is 0 Å². The molecule has 1 heterocycles. The molecule has 0 saturated heterocycles. The molecule has 0 aliphatic heterocycles. The molecule has 0 bridgehead atoms. The monoisotopic (exact) mass is 270 g/mol. The third-order valence-electron chi connectivity index (χ3n) is 2.33. The van der Waals surface area contributed by atoms with Crippen LogP contribution in [0.1, 0.15) is 25.8 Å². The third-order valence-corrected chi connectivity index (χ3v) is 3.39. The smallest absolute Gasteiger partial charge is 0.345 e. The van der Waals surface area contributed by atoms with Crippen molar-refractivity contribution >= 4 is 29.1 Å². The fraction of sp³-hybridized carbons (Fsp3) is 0.364. The minimum absolute atomic E-state index is 0.123. The van der Waals surface area contributed by atoms with E-state index in [1.807, 2.05) is 0 Å². The van der Waals surface area contributed by atoms with Crippen molar-refractivity contribution in [1.82, 2.24) is 10.2 Å². The van der Waals surface area contributed by atoms with Crippen LogP contribution in [0.5, 0.6) is 0 Å². The van der Waals surface area contributed by atoms with Gasteiger partial charge in [-0.1, -0.05) is 0 Å². The fourth-order valence-corrected chi connectivity index (χ4v) is 2.09. The predicted octanol–water partition coefficient (Wildman–Crippen LogP) is 0.654. The van der Waals surface area contributed by atoms with Gasteiger partial charge in [0.2, 0.25) is 5.91 Å². The van der Waals surface area contributed by atoms with Gasteiger partial charge in [-0.05, 0) is 12.1 Å². The second kappa shape index (κ2) is 6.15. The Morgan fingerprint density at radius 1 is 1.33 bits per heavy atom. The lowest BCUT2D eigenvalue weighted by Gasteiger charge is -2.15. The molecule has 6 nitrogen and oxygen atoms in total. The number of carboxylic acids is 1. The number of nitrogens with zero attached hydrogens (tertiary/aromatic N) is 1. The SMILES string of the molecule is CNC(=O)CCN(C)C(=O)c1ccc(C(=O)O)s1. The first-order valence-corrected chi connectivity index (χ1v) is 6.06. The summed E-state index contributed by atoms with van der Waals surface area (Å²) in [6.07, 6.45) is 0.218. The minimum atomic E-state index is -1.05. The summed E-state index contributed by atoms with van der Waals surface area (Å²) < 4.78 is 0. The average Bonchev–Trinajstić information content (AvgIpc) is 2.84. The first kappa shape index (κ1) is 14.2. The molecular formula is C11H14N2O4S. The van der Waals surface area contributed by atoms with Crippen LogP contribution in [-0.2, 0) is 4.79 Å². The molecule has 7 heteroatoms. The van der Waals surface area contributed by atoms with E-state index < -0.39 is 5.97 Å². The van der Waals surface area contributed by atoms with Crippen molar-refractivity contribution in [3.63, 3.8) is 0 Å². The van der Waals surface area contributed by atoms with Crippen LogP contribution >= 0.6 is 11.3 Å². The lowest BCUT2D eigenvalue weighted by Crippen LogP contribution is -2.30. The van der Waals surface area contributed by atoms with Crippen LogP contribution in [0.4, 0.5) is 0 Å². The molecule has 1 aromatic rings. The van der Waals surface area contributed by atoms with Crippen molar-refractivity contribution in [2.75, 3.05) is 20.6 Å². The van der Waals surface area contributed by atoms with Crippen molar-refractivity contribution in [1.29, 1.82) is 0 Å². The highest BCUT2D eigenvalue weighted by Gasteiger charge is 2.16. The van der Waals surface area contributed by atoms with E-state index >= 15 is 0 Å². The number of carbonyl (C=O) groups is 3. The van der Waals surface area contributed by atoms with E-state index in [0.717, 1.165) is 11.3 Å². The molecule has 0 aromatic carbocycles. The Morgan fingerprint density at radius 2 is 1.94 bits per heavy atom. The lowest BCUT2D eigenvalue weighted by molar-refractivity contribution is -0.120. The van der Waals surface area contributed by atoms with Crippen LogP contribution in [-0.4, -0.2) is 48.4 Å². The van der Waals surface area contributed by atoms with Crippen molar-refractivity contribution in [3.05, 3.63) is 21.9 Å². The predicted molar refractivity (Wildman–Crippen MR) is 66.9 cm³/mol. The van der Waals surface area contributed by atoms with Gasteiger partial charge in [-0.3, -0.25) is 9.59 Å². The second-order valence-electron chi connectivity index (χ2n) is 3.62. The van der Waals surface area contributed by atoms with Crippen LogP contribution < -0.4 is 5.32 Å². The number of nitrogens with one attached hydrogen (secondary N) is 1. The summed E-state index contributed by atoms with van der Waals surface area (Å²) in [5.74, 6) is -1.48. The van der Waals surface area contributed by atoms with E-state index in [1.54, 1.807) is 7.05 Å². The number of rotatable bonds is 5.